The molecule has 0 aliphatic carbocycles. The zero-order chi connectivity index (χ0) is 24.6. The SMILES string of the molecule is COc1ccc(CNC(=O)c2cc(COc3ccccc3)ccc2CCC(=O)O)c2ccccc12. The summed E-state index contributed by atoms with van der Waals surface area (Å²) in [6, 6.07) is 26.6. The van der Waals surface area contributed by atoms with Gasteiger partial charge in [0, 0.05) is 23.9 Å². The van der Waals surface area contributed by atoms with Gasteiger partial charge in [-0.05, 0) is 52.8 Å². The van der Waals surface area contributed by atoms with Gasteiger partial charge in [0.15, 0.2) is 0 Å². The minimum atomic E-state index is -0.905. The number of rotatable bonds is 10. The molecule has 0 aromatic heterocycles. The Balaban J connectivity index is 1.54. The van der Waals surface area contributed by atoms with E-state index >= 15 is 0 Å². The van der Waals surface area contributed by atoms with Crippen LogP contribution >= 0.6 is 0 Å². The molecule has 0 aliphatic rings. The van der Waals surface area contributed by atoms with Gasteiger partial charge in [-0.1, -0.05) is 60.7 Å². The van der Waals surface area contributed by atoms with Crippen LogP contribution in [0.5, 0.6) is 11.5 Å². The fourth-order valence-corrected chi connectivity index (χ4v) is 4.00. The molecule has 2 N–H and O–H groups in total. The highest BCUT2D eigenvalue weighted by Crippen LogP contribution is 2.28. The maximum Gasteiger partial charge on any atom is 0.303 e. The standard InChI is InChI=1S/C29H27NO5/c1-34-27-15-13-22(24-9-5-6-10-25(24)27)18-30-29(33)26-17-20(11-12-21(26)14-16-28(31)32)19-35-23-7-3-2-4-8-23/h2-13,15,17H,14,16,18-19H2,1H3,(H,30,33)(H,31,32). The molecule has 0 bridgehead atoms. The van der Waals surface area contributed by atoms with Gasteiger partial charge >= 0.3 is 5.97 Å². The monoisotopic (exact) mass is 469 g/mol. The molecule has 4 aromatic carbocycles. The summed E-state index contributed by atoms with van der Waals surface area (Å²) in [4.78, 5) is 24.4. The highest BCUT2D eigenvalue weighted by Gasteiger charge is 2.15. The number of methoxy groups -OCH3 is 1. The largest absolute Gasteiger partial charge is 0.496 e. The van der Waals surface area contributed by atoms with Crippen molar-refractivity contribution < 1.29 is 24.2 Å². The van der Waals surface area contributed by atoms with Crippen molar-refractivity contribution in [3.63, 3.8) is 0 Å². The van der Waals surface area contributed by atoms with Crippen molar-refractivity contribution in [1.82, 2.24) is 5.32 Å². The highest BCUT2D eigenvalue weighted by molar-refractivity contribution is 5.97. The van der Waals surface area contributed by atoms with Crippen LogP contribution in [0.2, 0.25) is 0 Å². The maximum absolute atomic E-state index is 13.2. The highest BCUT2D eigenvalue weighted by atomic mass is 16.5. The number of carbonyl (C=O) groups excluding carboxylic acids is 1. The van der Waals surface area contributed by atoms with E-state index < -0.39 is 5.97 Å². The lowest BCUT2D eigenvalue weighted by Gasteiger charge is -2.14. The fourth-order valence-electron chi connectivity index (χ4n) is 4.00. The van der Waals surface area contributed by atoms with Crippen LogP contribution in [-0.2, 0) is 24.4 Å². The van der Waals surface area contributed by atoms with Gasteiger partial charge in [-0.25, -0.2) is 0 Å². The Hall–Kier alpha value is -4.32. The molecule has 0 radical (unpaired) electrons. The lowest BCUT2D eigenvalue weighted by atomic mass is 9.99. The second-order valence-electron chi connectivity index (χ2n) is 8.14. The van der Waals surface area contributed by atoms with Gasteiger partial charge < -0.3 is 19.9 Å². The number of hydrogen-bond acceptors (Lipinski definition) is 4. The Morgan fingerprint density at radius 2 is 1.57 bits per heavy atom. The molecule has 0 spiro atoms. The summed E-state index contributed by atoms with van der Waals surface area (Å²) in [5.74, 6) is 0.349. The number of aliphatic carboxylic acids is 1. The van der Waals surface area contributed by atoms with Crippen molar-refractivity contribution in [3.8, 4) is 11.5 Å². The first-order valence-corrected chi connectivity index (χ1v) is 11.4. The van der Waals surface area contributed by atoms with Crippen LogP contribution in [0, 0.1) is 0 Å². The van der Waals surface area contributed by atoms with E-state index in [9.17, 15) is 9.59 Å². The van der Waals surface area contributed by atoms with Gasteiger partial charge in [-0.3, -0.25) is 9.59 Å². The summed E-state index contributed by atoms with van der Waals surface area (Å²) in [5.41, 5.74) is 2.93. The molecule has 0 fully saturated rings. The molecule has 6 heteroatoms. The number of aryl methyl sites for hydroxylation is 1. The van der Waals surface area contributed by atoms with Crippen LogP contribution in [0.15, 0.2) is 84.9 Å². The molecule has 6 nitrogen and oxygen atoms in total. The number of fused-ring (bicyclic) bond motifs is 1. The Morgan fingerprint density at radius 1 is 0.857 bits per heavy atom. The molecule has 178 valence electrons. The lowest BCUT2D eigenvalue weighted by molar-refractivity contribution is -0.136. The number of carbonyl (C=O) groups is 2. The first-order chi connectivity index (χ1) is 17.0. The van der Waals surface area contributed by atoms with Crippen molar-refractivity contribution in [1.29, 1.82) is 0 Å². The van der Waals surface area contributed by atoms with Crippen LogP contribution in [-0.4, -0.2) is 24.1 Å². The molecular formula is C29H27NO5. The Labute approximate surface area is 204 Å². The summed E-state index contributed by atoms with van der Waals surface area (Å²) in [6.07, 6.45) is 0.215. The predicted molar refractivity (Wildman–Crippen MR) is 135 cm³/mol. The van der Waals surface area contributed by atoms with Crippen molar-refractivity contribution in [2.45, 2.75) is 26.0 Å². The van der Waals surface area contributed by atoms with E-state index in [1.54, 1.807) is 13.2 Å². The quantitative estimate of drug-likeness (QED) is 0.326. The molecule has 0 unspecified atom stereocenters. The molecule has 0 saturated carbocycles. The van der Waals surface area contributed by atoms with E-state index in [0.717, 1.165) is 33.4 Å². The van der Waals surface area contributed by atoms with Gasteiger partial charge in [-0.2, -0.15) is 0 Å². The molecule has 0 saturated heterocycles. The van der Waals surface area contributed by atoms with Crippen molar-refractivity contribution in [2.24, 2.45) is 0 Å². The smallest absolute Gasteiger partial charge is 0.303 e. The summed E-state index contributed by atoms with van der Waals surface area (Å²) in [7, 11) is 1.64. The molecular weight excluding hydrogens is 442 g/mol. The minimum absolute atomic E-state index is 0.0523. The molecule has 35 heavy (non-hydrogen) atoms. The third kappa shape index (κ3) is 5.98. The zero-order valence-corrected chi connectivity index (χ0v) is 19.5. The normalized spacial score (nSPS) is 10.7. The summed E-state index contributed by atoms with van der Waals surface area (Å²) >= 11 is 0. The number of amides is 1. The topological polar surface area (TPSA) is 84.9 Å². The first kappa shape index (κ1) is 23.8. The van der Waals surface area contributed by atoms with Gasteiger partial charge in [-0.15, -0.1) is 0 Å². The van der Waals surface area contributed by atoms with Crippen LogP contribution in [0.1, 0.15) is 33.5 Å². The lowest BCUT2D eigenvalue weighted by Crippen LogP contribution is -2.24. The Kier molecular flexibility index (Phi) is 7.63. The third-order valence-corrected chi connectivity index (χ3v) is 5.81. The molecule has 0 atom stereocenters. The average molecular weight is 470 g/mol. The van der Waals surface area contributed by atoms with Gasteiger partial charge in [0.1, 0.15) is 18.1 Å². The summed E-state index contributed by atoms with van der Waals surface area (Å²) < 4.78 is 11.3. The number of carboxylic acid groups (broad SMARTS) is 1. The maximum atomic E-state index is 13.2. The Morgan fingerprint density at radius 3 is 2.31 bits per heavy atom. The second kappa shape index (κ2) is 11.2. The average Bonchev–Trinajstić information content (AvgIpc) is 2.89. The van der Waals surface area contributed by atoms with Crippen molar-refractivity contribution in [3.05, 3.63) is 107 Å². The number of hydrogen-bond donors (Lipinski definition) is 2. The Bertz CT molecular complexity index is 1330. The fraction of sp³-hybridized carbons (Fsp3) is 0.172. The van der Waals surface area contributed by atoms with Crippen LogP contribution < -0.4 is 14.8 Å². The summed E-state index contributed by atoms with van der Waals surface area (Å²) in [6.45, 7) is 0.624. The minimum Gasteiger partial charge on any atom is -0.496 e. The van der Waals surface area contributed by atoms with E-state index in [1.807, 2.05) is 78.9 Å². The number of benzene rings is 4. The zero-order valence-electron chi connectivity index (χ0n) is 19.5. The third-order valence-electron chi connectivity index (χ3n) is 5.81. The predicted octanol–water partition coefficient (Wildman–Crippen LogP) is 5.37. The molecule has 4 aromatic rings. The van der Waals surface area contributed by atoms with E-state index in [-0.39, 0.29) is 18.7 Å². The first-order valence-electron chi connectivity index (χ1n) is 11.4. The van der Waals surface area contributed by atoms with E-state index in [4.69, 9.17) is 14.6 Å². The van der Waals surface area contributed by atoms with Crippen molar-refractivity contribution >= 4 is 22.6 Å². The van der Waals surface area contributed by atoms with Crippen LogP contribution in [0.3, 0.4) is 0 Å². The number of carboxylic acids is 1. The van der Waals surface area contributed by atoms with Crippen molar-refractivity contribution in [2.75, 3.05) is 7.11 Å². The van der Waals surface area contributed by atoms with E-state index in [1.165, 1.54) is 0 Å². The molecule has 4 rings (SSSR count). The molecule has 0 heterocycles. The molecule has 0 aliphatic heterocycles. The second-order valence-corrected chi connectivity index (χ2v) is 8.14. The van der Waals surface area contributed by atoms with Crippen LogP contribution in [0.4, 0.5) is 0 Å². The number of ether oxygens (including phenoxy) is 2. The van der Waals surface area contributed by atoms with E-state index in [0.29, 0.717) is 24.3 Å². The van der Waals surface area contributed by atoms with Gasteiger partial charge in [0.05, 0.1) is 7.11 Å². The van der Waals surface area contributed by atoms with Gasteiger partial charge in [0.2, 0.25) is 0 Å². The number of para-hydroxylation sites is 1. The summed E-state index contributed by atoms with van der Waals surface area (Å²) in [5, 5.41) is 14.1. The van der Waals surface area contributed by atoms with Gasteiger partial charge in [0.25, 0.3) is 5.91 Å². The van der Waals surface area contributed by atoms with E-state index in [2.05, 4.69) is 5.32 Å². The number of nitrogens with one attached hydrogen (secondary N) is 1. The molecule has 1 amide bonds. The van der Waals surface area contributed by atoms with Crippen LogP contribution in [0.25, 0.3) is 10.8 Å².